The first-order valence-electron chi connectivity index (χ1n) is 8.34. The maximum absolute atomic E-state index is 12.5. The molecule has 0 radical (unpaired) electrons. The summed E-state index contributed by atoms with van der Waals surface area (Å²) in [6.07, 6.45) is 2.45. The second-order valence-corrected chi connectivity index (χ2v) is 8.56. The molecule has 0 bridgehead atoms. The molecule has 1 aliphatic carbocycles. The highest BCUT2D eigenvalue weighted by Gasteiger charge is 2.28. The smallest absolute Gasteiger partial charge is 0.253 e. The van der Waals surface area contributed by atoms with E-state index in [9.17, 15) is 13.2 Å². The third kappa shape index (κ3) is 5.03. The molecule has 0 aromatic heterocycles. The summed E-state index contributed by atoms with van der Waals surface area (Å²) in [7, 11) is -1.85. The lowest BCUT2D eigenvalue weighted by molar-refractivity contribution is 0.0789. The minimum absolute atomic E-state index is 0.0366. The minimum atomic E-state index is -3.56. The van der Waals surface area contributed by atoms with Gasteiger partial charge in [0.25, 0.3) is 5.91 Å². The van der Waals surface area contributed by atoms with E-state index in [1.165, 1.54) is 12.1 Å². The fourth-order valence-electron chi connectivity index (χ4n) is 2.28. The summed E-state index contributed by atoms with van der Waals surface area (Å²) < 4.78 is 27.2. The molecule has 1 aromatic rings. The van der Waals surface area contributed by atoms with E-state index >= 15 is 0 Å². The van der Waals surface area contributed by atoms with Crippen molar-refractivity contribution in [3.05, 3.63) is 29.8 Å². The third-order valence-electron chi connectivity index (χ3n) is 4.29. The van der Waals surface area contributed by atoms with Crippen LogP contribution in [0.3, 0.4) is 0 Å². The van der Waals surface area contributed by atoms with Crippen molar-refractivity contribution in [3.63, 3.8) is 0 Å². The molecule has 7 heteroatoms. The molecule has 1 fully saturated rings. The third-order valence-corrected chi connectivity index (χ3v) is 5.81. The lowest BCUT2D eigenvalue weighted by Crippen LogP contribution is -2.34. The summed E-state index contributed by atoms with van der Waals surface area (Å²) in [5.74, 6) is 0.157. The number of rotatable bonds is 8. The van der Waals surface area contributed by atoms with Crippen LogP contribution in [0, 0.1) is 5.92 Å². The molecule has 1 saturated carbocycles. The SMILES string of the molecule is CC(C)C(N)CCN(C)C(=O)c1cccc(S(=O)(=O)NC2CC2)c1. The molecule has 2 rings (SSSR count). The van der Waals surface area contributed by atoms with E-state index < -0.39 is 10.0 Å². The molecule has 0 heterocycles. The van der Waals surface area contributed by atoms with Gasteiger partial charge in [-0.05, 0) is 43.4 Å². The van der Waals surface area contributed by atoms with E-state index in [2.05, 4.69) is 4.72 Å². The molecule has 134 valence electrons. The summed E-state index contributed by atoms with van der Waals surface area (Å²) in [6.45, 7) is 4.64. The van der Waals surface area contributed by atoms with Crippen molar-refractivity contribution in [2.24, 2.45) is 11.7 Å². The van der Waals surface area contributed by atoms with Crippen LogP contribution in [-0.2, 0) is 10.0 Å². The minimum Gasteiger partial charge on any atom is -0.342 e. The van der Waals surface area contributed by atoms with Crippen molar-refractivity contribution in [2.45, 2.75) is 50.1 Å². The van der Waals surface area contributed by atoms with E-state index in [0.29, 0.717) is 24.4 Å². The highest BCUT2D eigenvalue weighted by atomic mass is 32.2. The van der Waals surface area contributed by atoms with Gasteiger partial charge in [0.05, 0.1) is 4.90 Å². The van der Waals surface area contributed by atoms with Crippen LogP contribution in [0.15, 0.2) is 29.2 Å². The summed E-state index contributed by atoms with van der Waals surface area (Å²) >= 11 is 0. The number of carbonyl (C=O) groups excluding carboxylic acids is 1. The Balaban J connectivity index is 2.05. The number of nitrogens with zero attached hydrogens (tertiary/aromatic N) is 1. The van der Waals surface area contributed by atoms with Gasteiger partial charge in [-0.15, -0.1) is 0 Å². The number of amides is 1. The fourth-order valence-corrected chi connectivity index (χ4v) is 3.63. The average Bonchev–Trinajstić information content (AvgIpc) is 3.34. The van der Waals surface area contributed by atoms with Crippen molar-refractivity contribution < 1.29 is 13.2 Å². The fraction of sp³-hybridized carbons (Fsp3) is 0.588. The Hall–Kier alpha value is -1.44. The topological polar surface area (TPSA) is 92.5 Å². The van der Waals surface area contributed by atoms with Gasteiger partial charge in [0.15, 0.2) is 0 Å². The van der Waals surface area contributed by atoms with Crippen molar-refractivity contribution in [2.75, 3.05) is 13.6 Å². The van der Waals surface area contributed by atoms with E-state index in [-0.39, 0.29) is 22.9 Å². The summed E-state index contributed by atoms with van der Waals surface area (Å²) in [4.78, 5) is 14.2. The zero-order chi connectivity index (χ0) is 17.9. The number of sulfonamides is 1. The number of carbonyl (C=O) groups is 1. The van der Waals surface area contributed by atoms with Crippen LogP contribution in [0.1, 0.15) is 43.5 Å². The Morgan fingerprint density at radius 2 is 2.04 bits per heavy atom. The van der Waals surface area contributed by atoms with Crippen molar-refractivity contribution in [1.29, 1.82) is 0 Å². The summed E-state index contributed by atoms with van der Waals surface area (Å²) in [5, 5.41) is 0. The normalized spacial score (nSPS) is 16.2. The predicted molar refractivity (Wildman–Crippen MR) is 94.2 cm³/mol. The molecule has 1 amide bonds. The van der Waals surface area contributed by atoms with Gasteiger partial charge in [0.1, 0.15) is 0 Å². The lowest BCUT2D eigenvalue weighted by atomic mass is 10.0. The molecular formula is C17H27N3O3S. The van der Waals surface area contributed by atoms with Crippen molar-refractivity contribution in [1.82, 2.24) is 9.62 Å². The van der Waals surface area contributed by atoms with Gasteiger partial charge in [-0.3, -0.25) is 4.79 Å². The molecule has 0 spiro atoms. The van der Waals surface area contributed by atoms with Crippen molar-refractivity contribution in [3.8, 4) is 0 Å². The number of nitrogens with one attached hydrogen (secondary N) is 1. The number of benzene rings is 1. The largest absolute Gasteiger partial charge is 0.342 e. The van der Waals surface area contributed by atoms with E-state index in [1.54, 1.807) is 24.1 Å². The van der Waals surface area contributed by atoms with Crippen LogP contribution in [0.25, 0.3) is 0 Å². The number of hydrogen-bond donors (Lipinski definition) is 2. The van der Waals surface area contributed by atoms with E-state index in [4.69, 9.17) is 5.73 Å². The molecular weight excluding hydrogens is 326 g/mol. The van der Waals surface area contributed by atoms with Crippen LogP contribution in [0.5, 0.6) is 0 Å². The zero-order valence-corrected chi connectivity index (χ0v) is 15.3. The van der Waals surface area contributed by atoms with Gasteiger partial charge in [-0.2, -0.15) is 0 Å². The average molecular weight is 353 g/mol. The molecule has 6 nitrogen and oxygen atoms in total. The first-order chi connectivity index (χ1) is 11.2. The number of nitrogens with two attached hydrogens (primary N) is 1. The highest BCUT2D eigenvalue weighted by molar-refractivity contribution is 7.89. The quantitative estimate of drug-likeness (QED) is 0.742. The molecule has 1 aliphatic rings. The van der Waals surface area contributed by atoms with Crippen LogP contribution in [0.2, 0.25) is 0 Å². The highest BCUT2D eigenvalue weighted by Crippen LogP contribution is 2.22. The molecule has 1 unspecified atom stereocenters. The summed E-state index contributed by atoms with van der Waals surface area (Å²) in [5.41, 5.74) is 6.38. The molecule has 1 atom stereocenters. The Bertz CT molecular complexity index is 684. The van der Waals surface area contributed by atoms with Gasteiger partial charge in [0.2, 0.25) is 10.0 Å². The Kier molecular flexibility index (Phi) is 6.01. The lowest BCUT2D eigenvalue weighted by Gasteiger charge is -2.21. The maximum atomic E-state index is 12.5. The second-order valence-electron chi connectivity index (χ2n) is 6.85. The Labute approximate surface area is 144 Å². The standard InChI is InChI=1S/C17H27N3O3S/c1-12(2)16(18)9-10-20(3)17(21)13-5-4-6-15(11-13)24(22,23)19-14-7-8-14/h4-6,11-12,14,16,19H,7-10,18H2,1-3H3. The second kappa shape index (κ2) is 7.63. The van der Waals surface area contributed by atoms with Crippen LogP contribution < -0.4 is 10.5 Å². The first kappa shape index (κ1) is 18.9. The van der Waals surface area contributed by atoms with E-state index in [1.807, 2.05) is 13.8 Å². The Morgan fingerprint density at radius 3 is 2.62 bits per heavy atom. The molecule has 1 aromatic carbocycles. The molecule has 3 N–H and O–H groups in total. The maximum Gasteiger partial charge on any atom is 0.253 e. The predicted octanol–water partition coefficient (Wildman–Crippen LogP) is 1.57. The Morgan fingerprint density at radius 1 is 1.38 bits per heavy atom. The molecule has 0 aliphatic heterocycles. The monoisotopic (exact) mass is 353 g/mol. The van der Waals surface area contributed by atoms with Crippen LogP contribution >= 0.6 is 0 Å². The number of hydrogen-bond acceptors (Lipinski definition) is 4. The molecule has 24 heavy (non-hydrogen) atoms. The first-order valence-corrected chi connectivity index (χ1v) is 9.82. The van der Waals surface area contributed by atoms with E-state index in [0.717, 1.165) is 12.8 Å². The van der Waals surface area contributed by atoms with Gasteiger partial charge >= 0.3 is 0 Å². The van der Waals surface area contributed by atoms with Gasteiger partial charge in [-0.1, -0.05) is 19.9 Å². The zero-order valence-electron chi connectivity index (χ0n) is 14.5. The molecule has 0 saturated heterocycles. The van der Waals surface area contributed by atoms with Gasteiger partial charge in [0, 0.05) is 31.2 Å². The van der Waals surface area contributed by atoms with Gasteiger partial charge in [-0.25, -0.2) is 13.1 Å². The van der Waals surface area contributed by atoms with Crippen LogP contribution in [-0.4, -0.2) is 44.9 Å². The van der Waals surface area contributed by atoms with Gasteiger partial charge < -0.3 is 10.6 Å². The van der Waals surface area contributed by atoms with Crippen molar-refractivity contribution >= 4 is 15.9 Å². The summed E-state index contributed by atoms with van der Waals surface area (Å²) in [6, 6.07) is 6.26. The van der Waals surface area contributed by atoms with Crippen LogP contribution in [0.4, 0.5) is 0 Å².